The topological polar surface area (TPSA) is 78.5 Å². The van der Waals surface area contributed by atoms with Gasteiger partial charge in [-0.05, 0) is 42.8 Å². The minimum absolute atomic E-state index is 0.00271. The van der Waals surface area contributed by atoms with Crippen molar-refractivity contribution in [3.05, 3.63) is 58.1 Å². The first kappa shape index (κ1) is 16.0. The molecule has 0 aliphatic carbocycles. The fourth-order valence-corrected chi connectivity index (χ4v) is 2.24. The zero-order chi connectivity index (χ0) is 16.1. The molecule has 114 valence electrons. The van der Waals surface area contributed by atoms with Crippen LogP contribution in [0.25, 0.3) is 0 Å². The summed E-state index contributed by atoms with van der Waals surface area (Å²) in [5, 5.41) is 13.5. The van der Waals surface area contributed by atoms with E-state index in [0.29, 0.717) is 23.6 Å². The van der Waals surface area contributed by atoms with E-state index in [4.69, 9.17) is 4.74 Å². The van der Waals surface area contributed by atoms with Crippen molar-refractivity contribution in [3.63, 3.8) is 0 Å². The van der Waals surface area contributed by atoms with Crippen molar-refractivity contribution < 1.29 is 19.4 Å². The van der Waals surface area contributed by atoms with Crippen LogP contribution in [0, 0.1) is 0 Å². The van der Waals surface area contributed by atoms with E-state index in [9.17, 15) is 14.7 Å². The Balaban J connectivity index is 2.27. The molecule has 0 fully saturated rings. The van der Waals surface area contributed by atoms with Gasteiger partial charge >= 0.3 is 0 Å². The number of rotatable bonds is 5. The smallest absolute Gasteiger partial charge is 0.259 e. The van der Waals surface area contributed by atoms with E-state index in [1.165, 1.54) is 18.2 Å². The number of ether oxygens (including phenoxy) is 1. The van der Waals surface area contributed by atoms with Crippen molar-refractivity contribution in [1.29, 1.82) is 0 Å². The van der Waals surface area contributed by atoms with E-state index < -0.39 is 5.97 Å². The van der Waals surface area contributed by atoms with E-state index in [1.807, 2.05) is 6.92 Å². The average molecular weight is 363 g/mol. The summed E-state index contributed by atoms with van der Waals surface area (Å²) in [5.74, 6) is -1.23. The molecule has 2 aromatic rings. The Hall–Kier alpha value is -2.34. The Bertz CT molecular complexity index is 715. The largest absolute Gasteiger partial charge is 0.545 e. The van der Waals surface area contributed by atoms with Gasteiger partial charge in [-0.25, -0.2) is 0 Å². The van der Waals surface area contributed by atoms with Crippen LogP contribution >= 0.6 is 15.9 Å². The summed E-state index contributed by atoms with van der Waals surface area (Å²) in [6.07, 6.45) is 0. The van der Waals surface area contributed by atoms with Gasteiger partial charge in [0.1, 0.15) is 5.75 Å². The second-order valence-corrected chi connectivity index (χ2v) is 5.31. The van der Waals surface area contributed by atoms with E-state index in [1.54, 1.807) is 24.3 Å². The molecular weight excluding hydrogens is 350 g/mol. The van der Waals surface area contributed by atoms with Crippen molar-refractivity contribution in [2.24, 2.45) is 0 Å². The Labute approximate surface area is 136 Å². The molecule has 0 atom stereocenters. The van der Waals surface area contributed by atoms with Gasteiger partial charge < -0.3 is 20.0 Å². The number of aromatic carboxylic acids is 1. The van der Waals surface area contributed by atoms with Crippen LogP contribution in [0.4, 0.5) is 5.69 Å². The lowest BCUT2D eigenvalue weighted by Crippen LogP contribution is -2.22. The number of hydrogen-bond acceptors (Lipinski definition) is 4. The van der Waals surface area contributed by atoms with Crippen molar-refractivity contribution in [2.45, 2.75) is 6.92 Å². The summed E-state index contributed by atoms with van der Waals surface area (Å²) in [4.78, 5) is 23.2. The normalized spacial score (nSPS) is 10.1. The van der Waals surface area contributed by atoms with E-state index in [-0.39, 0.29) is 11.5 Å². The maximum absolute atomic E-state index is 12.4. The first-order valence-corrected chi connectivity index (χ1v) is 7.35. The van der Waals surface area contributed by atoms with Crippen LogP contribution in [0.3, 0.4) is 0 Å². The monoisotopic (exact) mass is 362 g/mol. The highest BCUT2D eigenvalue weighted by Crippen LogP contribution is 2.24. The number of nitrogens with one attached hydrogen (secondary N) is 1. The standard InChI is InChI=1S/C16H14BrNO4/c1-2-22-14-7-6-11(17)9-13(14)15(19)18-12-5-3-4-10(8-12)16(20)21/h3-9H,2H2,1H3,(H,18,19)(H,20,21)/p-1. The lowest BCUT2D eigenvalue weighted by molar-refractivity contribution is -0.255. The highest BCUT2D eigenvalue weighted by atomic mass is 79.9. The molecule has 1 amide bonds. The predicted molar refractivity (Wildman–Crippen MR) is 84.0 cm³/mol. The molecule has 0 unspecified atom stereocenters. The second kappa shape index (κ2) is 7.09. The predicted octanol–water partition coefficient (Wildman–Crippen LogP) is 2.46. The molecule has 0 heterocycles. The first-order valence-electron chi connectivity index (χ1n) is 6.56. The van der Waals surface area contributed by atoms with E-state index in [0.717, 1.165) is 4.47 Å². The molecule has 1 N–H and O–H groups in total. The molecule has 2 rings (SSSR count). The first-order chi connectivity index (χ1) is 10.5. The van der Waals surface area contributed by atoms with Crippen LogP contribution in [0.5, 0.6) is 5.75 Å². The molecule has 0 saturated heterocycles. The number of carbonyl (C=O) groups excluding carboxylic acids is 2. The average Bonchev–Trinajstić information content (AvgIpc) is 2.49. The van der Waals surface area contributed by atoms with Crippen LogP contribution in [0.1, 0.15) is 27.6 Å². The van der Waals surface area contributed by atoms with Crippen molar-refractivity contribution in [2.75, 3.05) is 11.9 Å². The van der Waals surface area contributed by atoms with Crippen LogP contribution in [0.15, 0.2) is 46.9 Å². The van der Waals surface area contributed by atoms with Crippen LogP contribution < -0.4 is 15.2 Å². The number of amides is 1. The molecule has 0 aromatic heterocycles. The Morgan fingerprint density at radius 1 is 1.23 bits per heavy atom. The zero-order valence-electron chi connectivity index (χ0n) is 11.8. The quantitative estimate of drug-likeness (QED) is 0.885. The summed E-state index contributed by atoms with van der Waals surface area (Å²) < 4.78 is 6.17. The maximum Gasteiger partial charge on any atom is 0.259 e. The molecule has 0 saturated carbocycles. The third-order valence-corrected chi connectivity index (χ3v) is 3.34. The van der Waals surface area contributed by atoms with Gasteiger partial charge in [0.2, 0.25) is 0 Å². The fourth-order valence-electron chi connectivity index (χ4n) is 1.88. The number of carboxylic acids is 1. The summed E-state index contributed by atoms with van der Waals surface area (Å²) in [5.41, 5.74) is 0.723. The minimum atomic E-state index is -1.30. The highest BCUT2D eigenvalue weighted by Gasteiger charge is 2.13. The second-order valence-electron chi connectivity index (χ2n) is 4.40. The SMILES string of the molecule is CCOc1ccc(Br)cc1C(=O)Nc1cccc(C(=O)[O-])c1. The summed E-state index contributed by atoms with van der Waals surface area (Å²) >= 11 is 3.31. The Morgan fingerprint density at radius 3 is 2.68 bits per heavy atom. The number of benzene rings is 2. The number of hydrogen-bond donors (Lipinski definition) is 1. The number of carbonyl (C=O) groups is 2. The molecule has 0 spiro atoms. The molecule has 0 bridgehead atoms. The molecular formula is C16H13BrNO4-. The number of halogens is 1. The highest BCUT2D eigenvalue weighted by molar-refractivity contribution is 9.10. The molecule has 0 radical (unpaired) electrons. The van der Waals surface area contributed by atoms with Crippen molar-refractivity contribution in [1.82, 2.24) is 0 Å². The minimum Gasteiger partial charge on any atom is -0.545 e. The Kier molecular flexibility index (Phi) is 5.16. The van der Waals surface area contributed by atoms with Crippen LogP contribution in [-0.4, -0.2) is 18.5 Å². The van der Waals surface area contributed by atoms with E-state index in [2.05, 4.69) is 21.2 Å². The van der Waals surface area contributed by atoms with Gasteiger partial charge in [0, 0.05) is 10.2 Å². The van der Waals surface area contributed by atoms with Gasteiger partial charge in [-0.1, -0.05) is 28.1 Å². The summed E-state index contributed by atoms with van der Waals surface area (Å²) in [6, 6.07) is 11.0. The molecule has 6 heteroatoms. The lowest BCUT2D eigenvalue weighted by atomic mass is 10.1. The van der Waals surface area contributed by atoms with Gasteiger partial charge in [-0.3, -0.25) is 4.79 Å². The van der Waals surface area contributed by atoms with Gasteiger partial charge in [0.15, 0.2) is 0 Å². The fraction of sp³-hybridized carbons (Fsp3) is 0.125. The zero-order valence-corrected chi connectivity index (χ0v) is 13.3. The summed E-state index contributed by atoms with van der Waals surface area (Å²) in [7, 11) is 0. The van der Waals surface area contributed by atoms with Gasteiger partial charge in [-0.15, -0.1) is 0 Å². The van der Waals surface area contributed by atoms with E-state index >= 15 is 0 Å². The van der Waals surface area contributed by atoms with Gasteiger partial charge in [0.25, 0.3) is 5.91 Å². The third-order valence-electron chi connectivity index (χ3n) is 2.84. The molecule has 22 heavy (non-hydrogen) atoms. The van der Waals surface area contributed by atoms with Crippen LogP contribution in [0.2, 0.25) is 0 Å². The number of carboxylic acid groups (broad SMARTS) is 1. The lowest BCUT2D eigenvalue weighted by Gasteiger charge is -2.12. The third kappa shape index (κ3) is 3.85. The summed E-state index contributed by atoms with van der Waals surface area (Å²) in [6.45, 7) is 2.26. The molecule has 0 aliphatic heterocycles. The van der Waals surface area contributed by atoms with Crippen LogP contribution in [-0.2, 0) is 0 Å². The maximum atomic E-state index is 12.4. The number of anilines is 1. The molecule has 5 nitrogen and oxygen atoms in total. The van der Waals surface area contributed by atoms with Gasteiger partial charge in [-0.2, -0.15) is 0 Å². The molecule has 0 aliphatic rings. The van der Waals surface area contributed by atoms with Crippen molar-refractivity contribution >= 4 is 33.5 Å². The van der Waals surface area contributed by atoms with Gasteiger partial charge in [0.05, 0.1) is 18.1 Å². The molecule has 2 aromatic carbocycles. The van der Waals surface area contributed by atoms with Crippen molar-refractivity contribution in [3.8, 4) is 5.75 Å². The Morgan fingerprint density at radius 2 is 2.00 bits per heavy atom.